The average Bonchev–Trinajstić information content (AvgIpc) is 2.64. The van der Waals surface area contributed by atoms with Gasteiger partial charge in [0.25, 0.3) is 5.82 Å². The number of nitrogens with one attached hydrogen (secondary N) is 1. The molecule has 1 saturated heterocycles. The van der Waals surface area contributed by atoms with Gasteiger partial charge < -0.3 is 4.90 Å². The van der Waals surface area contributed by atoms with Crippen molar-refractivity contribution in [3.63, 3.8) is 0 Å². The van der Waals surface area contributed by atoms with Crippen LogP contribution < -0.4 is 4.57 Å². The van der Waals surface area contributed by atoms with Gasteiger partial charge in [-0.05, 0) is 19.3 Å². The van der Waals surface area contributed by atoms with Crippen LogP contribution in [0, 0.1) is 0 Å². The van der Waals surface area contributed by atoms with Crippen LogP contribution in [-0.4, -0.2) is 22.5 Å². The first-order valence-electron chi connectivity index (χ1n) is 6.43. The van der Waals surface area contributed by atoms with Crippen LogP contribution in [0.1, 0.15) is 30.8 Å². The summed E-state index contributed by atoms with van der Waals surface area (Å²) in [5, 5.41) is 0. The lowest BCUT2D eigenvalue weighted by Crippen LogP contribution is -2.46. The van der Waals surface area contributed by atoms with Crippen molar-refractivity contribution in [2.45, 2.75) is 31.7 Å². The Balaban J connectivity index is 1.88. The molecule has 0 aliphatic carbocycles. The Morgan fingerprint density at radius 3 is 3.12 bits per heavy atom. The summed E-state index contributed by atoms with van der Waals surface area (Å²) in [7, 11) is 2.13. The Hall–Kier alpha value is -1.51. The van der Waals surface area contributed by atoms with Crippen molar-refractivity contribution >= 4 is 5.57 Å². The van der Waals surface area contributed by atoms with Gasteiger partial charge in [-0.3, -0.25) is 0 Å². The maximum atomic E-state index is 3.79. The van der Waals surface area contributed by atoms with Crippen molar-refractivity contribution in [1.82, 2.24) is 9.88 Å². The van der Waals surface area contributed by atoms with Crippen molar-refractivity contribution in [2.75, 3.05) is 6.54 Å². The Kier molecular flexibility index (Phi) is 2.54. The lowest BCUT2D eigenvalue weighted by Gasteiger charge is -2.43. The number of nitrogens with zero attached hydrogens (tertiary/aromatic N) is 2. The van der Waals surface area contributed by atoms with Gasteiger partial charge in [0.1, 0.15) is 6.20 Å². The highest BCUT2D eigenvalue weighted by atomic mass is 15.2. The molecular weight excluding hydrogens is 210 g/mol. The molecule has 17 heavy (non-hydrogen) atoms. The Labute approximate surface area is 102 Å². The number of allylic oxidation sites excluding steroid dienone is 2. The Morgan fingerprint density at radius 1 is 1.59 bits per heavy atom. The Morgan fingerprint density at radius 2 is 2.47 bits per heavy atom. The molecule has 1 aromatic rings. The molecule has 90 valence electrons. The second-order valence-corrected chi connectivity index (χ2v) is 5.05. The molecule has 1 unspecified atom stereocenters. The number of hydrogen-bond donors (Lipinski definition) is 1. The smallest absolute Gasteiger partial charge is 0.258 e. The number of aromatic amines is 1. The van der Waals surface area contributed by atoms with Crippen molar-refractivity contribution in [1.29, 1.82) is 0 Å². The fourth-order valence-corrected chi connectivity index (χ4v) is 2.85. The molecule has 1 atom stereocenters. The number of aromatic nitrogens is 2. The molecule has 1 fully saturated rings. The first kappa shape index (κ1) is 10.6. The molecule has 0 amide bonds. The van der Waals surface area contributed by atoms with Crippen LogP contribution >= 0.6 is 0 Å². The van der Waals surface area contributed by atoms with Crippen molar-refractivity contribution in [3.8, 4) is 0 Å². The van der Waals surface area contributed by atoms with Gasteiger partial charge in [-0.1, -0.05) is 6.08 Å². The largest absolute Gasteiger partial charge is 0.374 e. The van der Waals surface area contributed by atoms with Gasteiger partial charge in [-0.25, -0.2) is 9.55 Å². The summed E-state index contributed by atoms with van der Waals surface area (Å²) < 4.78 is 2.26. The standard InChI is InChI=1S/C14H19N3/c1-3-4-14-15-9-13(16(14)2)11-5-6-12-7-8-17(12)10-11/h3,9-10,12H,1,4-8H2,2H3/p+1. The minimum atomic E-state index is 0.829. The van der Waals surface area contributed by atoms with E-state index in [1.807, 2.05) is 6.08 Å². The van der Waals surface area contributed by atoms with E-state index in [1.54, 1.807) is 0 Å². The minimum Gasteiger partial charge on any atom is -0.374 e. The summed E-state index contributed by atoms with van der Waals surface area (Å²) in [5.74, 6) is 1.22. The zero-order chi connectivity index (χ0) is 11.8. The quantitative estimate of drug-likeness (QED) is 0.621. The van der Waals surface area contributed by atoms with Crippen LogP contribution in [0.3, 0.4) is 0 Å². The van der Waals surface area contributed by atoms with Crippen molar-refractivity contribution in [3.05, 3.63) is 36.6 Å². The zero-order valence-corrected chi connectivity index (χ0v) is 10.4. The topological polar surface area (TPSA) is 22.9 Å². The summed E-state index contributed by atoms with van der Waals surface area (Å²) in [6.07, 6.45) is 11.2. The molecule has 2 aliphatic rings. The number of hydrogen-bond acceptors (Lipinski definition) is 1. The van der Waals surface area contributed by atoms with Crippen molar-refractivity contribution in [2.24, 2.45) is 7.05 Å². The highest BCUT2D eigenvalue weighted by Gasteiger charge is 2.31. The lowest BCUT2D eigenvalue weighted by atomic mass is 9.91. The second-order valence-electron chi connectivity index (χ2n) is 5.05. The van der Waals surface area contributed by atoms with Crippen LogP contribution in [0.5, 0.6) is 0 Å². The summed E-state index contributed by atoms with van der Waals surface area (Å²) in [6.45, 7) is 5.03. The fourth-order valence-electron chi connectivity index (χ4n) is 2.85. The molecule has 0 bridgehead atoms. The molecule has 3 nitrogen and oxygen atoms in total. The van der Waals surface area contributed by atoms with Gasteiger partial charge in [0, 0.05) is 24.4 Å². The van der Waals surface area contributed by atoms with Crippen molar-refractivity contribution < 1.29 is 4.57 Å². The molecule has 0 aromatic carbocycles. The fraction of sp³-hybridized carbons (Fsp3) is 0.500. The molecule has 0 spiro atoms. The molecule has 3 rings (SSSR count). The molecule has 2 aliphatic heterocycles. The molecule has 0 saturated carbocycles. The van der Waals surface area contributed by atoms with E-state index in [4.69, 9.17) is 0 Å². The van der Waals surface area contributed by atoms with E-state index in [2.05, 4.69) is 40.5 Å². The molecule has 0 radical (unpaired) electrons. The van der Waals surface area contributed by atoms with Gasteiger partial charge in [-0.15, -0.1) is 6.58 Å². The van der Waals surface area contributed by atoms with Crippen LogP contribution in [0.15, 0.2) is 25.1 Å². The average molecular weight is 230 g/mol. The first-order chi connectivity index (χ1) is 8.29. The molecule has 3 heteroatoms. The number of fused-ring (bicyclic) bond motifs is 1. The summed E-state index contributed by atoms with van der Waals surface area (Å²) >= 11 is 0. The van der Waals surface area contributed by atoms with Gasteiger partial charge in [0.2, 0.25) is 0 Å². The van der Waals surface area contributed by atoms with E-state index < -0.39 is 0 Å². The van der Waals surface area contributed by atoms with Gasteiger partial charge in [0.05, 0.1) is 13.5 Å². The number of imidazole rings is 1. The lowest BCUT2D eigenvalue weighted by molar-refractivity contribution is -0.679. The molecular formula is C14H20N3+. The third kappa shape index (κ3) is 1.70. The monoisotopic (exact) mass is 230 g/mol. The van der Waals surface area contributed by atoms with Gasteiger partial charge in [0.15, 0.2) is 5.69 Å². The van der Waals surface area contributed by atoms with Crippen LogP contribution in [0.25, 0.3) is 5.57 Å². The second kappa shape index (κ2) is 4.06. The predicted molar refractivity (Wildman–Crippen MR) is 68.2 cm³/mol. The summed E-state index contributed by atoms with van der Waals surface area (Å²) in [4.78, 5) is 5.83. The van der Waals surface area contributed by atoms with Gasteiger partial charge >= 0.3 is 0 Å². The zero-order valence-electron chi connectivity index (χ0n) is 10.4. The highest BCUT2D eigenvalue weighted by molar-refractivity contribution is 5.61. The van der Waals surface area contributed by atoms with E-state index in [-0.39, 0.29) is 0 Å². The number of H-pyrrole nitrogens is 1. The van der Waals surface area contributed by atoms with Gasteiger partial charge in [-0.2, -0.15) is 0 Å². The van der Waals surface area contributed by atoms with Crippen LogP contribution in [0.2, 0.25) is 0 Å². The first-order valence-corrected chi connectivity index (χ1v) is 6.43. The van der Waals surface area contributed by atoms with E-state index >= 15 is 0 Å². The third-order valence-electron chi connectivity index (χ3n) is 4.07. The maximum absolute atomic E-state index is 3.79. The normalized spacial score (nSPS) is 22.8. The summed E-state index contributed by atoms with van der Waals surface area (Å²) in [6, 6.07) is 0.829. The van der Waals surface area contributed by atoms with Crippen LogP contribution in [0.4, 0.5) is 0 Å². The van der Waals surface area contributed by atoms with E-state index in [0.29, 0.717) is 0 Å². The third-order valence-corrected chi connectivity index (χ3v) is 4.07. The van der Waals surface area contributed by atoms with E-state index in [9.17, 15) is 0 Å². The molecule has 3 heterocycles. The predicted octanol–water partition coefficient (Wildman–Crippen LogP) is 1.78. The maximum Gasteiger partial charge on any atom is 0.258 e. The molecule has 1 N–H and O–H groups in total. The SMILES string of the molecule is C=CCc1[nH]cc(C2=CN3CCC3CC2)[n+]1C. The van der Waals surface area contributed by atoms with Crippen LogP contribution in [-0.2, 0) is 13.5 Å². The van der Waals surface area contributed by atoms with E-state index in [1.165, 1.54) is 42.9 Å². The van der Waals surface area contributed by atoms with E-state index in [0.717, 1.165) is 12.5 Å². The minimum absolute atomic E-state index is 0.829. The summed E-state index contributed by atoms with van der Waals surface area (Å²) in [5.41, 5.74) is 2.79. The number of rotatable bonds is 3. The highest BCUT2D eigenvalue weighted by Crippen LogP contribution is 2.33. The Bertz CT molecular complexity index is 470. The molecule has 1 aromatic heterocycles.